The van der Waals surface area contributed by atoms with Crippen molar-refractivity contribution < 1.29 is 4.79 Å². The Labute approximate surface area is 146 Å². The van der Waals surface area contributed by atoms with E-state index in [1.54, 1.807) is 0 Å². The minimum atomic E-state index is 0. The van der Waals surface area contributed by atoms with Crippen LogP contribution in [0, 0.1) is 19.8 Å². The quantitative estimate of drug-likeness (QED) is 0.877. The van der Waals surface area contributed by atoms with E-state index < -0.39 is 0 Å². The number of hydrogen-bond donors (Lipinski definition) is 2. The van der Waals surface area contributed by atoms with Crippen LogP contribution < -0.4 is 10.6 Å². The third-order valence-corrected chi connectivity index (χ3v) is 5.54. The highest BCUT2D eigenvalue weighted by Crippen LogP contribution is 2.32. The standard InChI is InChI=1S/C19H28N2O.ClH/c1-12-5-4-6-18(13(12)2)14(3)20-19(22)11-15-9-16-7-8-17(10-15)21-16;/h4-6,14-17,21H,7-11H2,1-3H3,(H,20,22);1H. The Morgan fingerprint density at radius 1 is 1.26 bits per heavy atom. The van der Waals surface area contributed by atoms with E-state index in [1.165, 1.54) is 42.4 Å². The van der Waals surface area contributed by atoms with Crippen molar-refractivity contribution in [2.45, 2.75) is 71.0 Å². The highest BCUT2D eigenvalue weighted by atomic mass is 35.5. The van der Waals surface area contributed by atoms with Crippen molar-refractivity contribution in [2.24, 2.45) is 5.92 Å². The van der Waals surface area contributed by atoms with Crippen LogP contribution in [-0.2, 0) is 4.79 Å². The molecule has 2 aliphatic heterocycles. The van der Waals surface area contributed by atoms with Gasteiger partial charge in [-0.2, -0.15) is 0 Å². The Kier molecular flexibility index (Phi) is 6.10. The van der Waals surface area contributed by atoms with E-state index in [4.69, 9.17) is 0 Å². The second kappa shape index (κ2) is 7.67. The highest BCUT2D eigenvalue weighted by Gasteiger charge is 2.34. The SMILES string of the molecule is Cc1cccc(C(C)NC(=O)CC2CC3CCC(C2)N3)c1C.Cl. The van der Waals surface area contributed by atoms with Crippen LogP contribution in [0.4, 0.5) is 0 Å². The minimum absolute atomic E-state index is 0. The molecule has 1 amide bonds. The molecular formula is C19H29ClN2O. The lowest BCUT2D eigenvalue weighted by molar-refractivity contribution is -0.122. The van der Waals surface area contributed by atoms with E-state index in [-0.39, 0.29) is 24.4 Å². The van der Waals surface area contributed by atoms with Crippen molar-refractivity contribution in [1.29, 1.82) is 0 Å². The van der Waals surface area contributed by atoms with Crippen LogP contribution in [0.5, 0.6) is 0 Å². The van der Waals surface area contributed by atoms with Crippen LogP contribution in [0.2, 0.25) is 0 Å². The lowest BCUT2D eigenvalue weighted by Gasteiger charge is -2.29. The molecule has 0 spiro atoms. The summed E-state index contributed by atoms with van der Waals surface area (Å²) in [7, 11) is 0. The van der Waals surface area contributed by atoms with Gasteiger partial charge in [-0.25, -0.2) is 0 Å². The van der Waals surface area contributed by atoms with E-state index in [1.807, 2.05) is 0 Å². The van der Waals surface area contributed by atoms with E-state index in [0.29, 0.717) is 24.4 Å². The van der Waals surface area contributed by atoms with Gasteiger partial charge in [0.1, 0.15) is 0 Å². The zero-order chi connectivity index (χ0) is 15.7. The van der Waals surface area contributed by atoms with E-state index in [0.717, 1.165) is 0 Å². The largest absolute Gasteiger partial charge is 0.350 e. The van der Waals surface area contributed by atoms with Gasteiger partial charge in [-0.1, -0.05) is 18.2 Å². The zero-order valence-electron chi connectivity index (χ0n) is 14.4. The number of nitrogens with one attached hydrogen (secondary N) is 2. The number of amides is 1. The number of rotatable bonds is 4. The average Bonchev–Trinajstić information content (AvgIpc) is 2.80. The normalized spacial score (nSPS) is 27.2. The molecule has 0 aliphatic carbocycles. The van der Waals surface area contributed by atoms with Crippen LogP contribution in [0.1, 0.15) is 61.8 Å². The number of benzene rings is 1. The molecule has 0 saturated carbocycles. The first-order valence-corrected chi connectivity index (χ1v) is 8.64. The van der Waals surface area contributed by atoms with Gasteiger partial charge in [0.15, 0.2) is 0 Å². The van der Waals surface area contributed by atoms with Gasteiger partial charge in [-0.05, 0) is 69.1 Å². The molecule has 2 N–H and O–H groups in total. The Hall–Kier alpha value is -1.06. The van der Waals surface area contributed by atoms with Crippen LogP contribution >= 0.6 is 12.4 Å². The van der Waals surface area contributed by atoms with Gasteiger partial charge in [0.25, 0.3) is 0 Å². The summed E-state index contributed by atoms with van der Waals surface area (Å²) in [5.41, 5.74) is 3.81. The van der Waals surface area contributed by atoms with Gasteiger partial charge in [-0.15, -0.1) is 12.4 Å². The number of carbonyl (C=O) groups is 1. The van der Waals surface area contributed by atoms with Crippen molar-refractivity contribution >= 4 is 18.3 Å². The zero-order valence-corrected chi connectivity index (χ0v) is 15.2. The fourth-order valence-corrected chi connectivity index (χ4v) is 4.23. The monoisotopic (exact) mass is 336 g/mol. The van der Waals surface area contributed by atoms with Crippen molar-refractivity contribution in [3.8, 4) is 0 Å². The summed E-state index contributed by atoms with van der Waals surface area (Å²) in [6.07, 6.45) is 5.61. The summed E-state index contributed by atoms with van der Waals surface area (Å²) in [6.45, 7) is 6.35. The molecule has 3 rings (SSSR count). The predicted octanol–water partition coefficient (Wildman–Crippen LogP) is 3.82. The highest BCUT2D eigenvalue weighted by molar-refractivity contribution is 5.85. The first kappa shape index (κ1) is 18.3. The molecular weight excluding hydrogens is 308 g/mol. The lowest BCUT2D eigenvalue weighted by atomic mass is 9.89. The molecule has 0 radical (unpaired) electrons. The molecule has 0 aromatic heterocycles. The van der Waals surface area contributed by atoms with Crippen molar-refractivity contribution in [1.82, 2.24) is 10.6 Å². The van der Waals surface area contributed by atoms with Crippen molar-refractivity contribution in [3.05, 3.63) is 34.9 Å². The Morgan fingerprint density at radius 2 is 1.91 bits per heavy atom. The third kappa shape index (κ3) is 4.27. The maximum atomic E-state index is 12.4. The summed E-state index contributed by atoms with van der Waals surface area (Å²) in [5.74, 6) is 0.768. The number of hydrogen-bond acceptors (Lipinski definition) is 2. The molecule has 1 aromatic rings. The number of fused-ring (bicyclic) bond motifs is 2. The lowest BCUT2D eigenvalue weighted by Crippen LogP contribution is -2.40. The van der Waals surface area contributed by atoms with Gasteiger partial charge in [0, 0.05) is 18.5 Å². The maximum Gasteiger partial charge on any atom is 0.220 e. The van der Waals surface area contributed by atoms with E-state index in [9.17, 15) is 4.79 Å². The number of aryl methyl sites for hydroxylation is 1. The molecule has 2 aliphatic rings. The van der Waals surface area contributed by atoms with Gasteiger partial charge < -0.3 is 10.6 Å². The first-order chi connectivity index (χ1) is 10.5. The van der Waals surface area contributed by atoms with E-state index in [2.05, 4.69) is 49.6 Å². The van der Waals surface area contributed by atoms with Gasteiger partial charge in [0.05, 0.1) is 6.04 Å². The number of piperidine rings is 1. The topological polar surface area (TPSA) is 41.1 Å². The Morgan fingerprint density at radius 3 is 2.57 bits per heavy atom. The second-order valence-corrected chi connectivity index (χ2v) is 7.26. The van der Waals surface area contributed by atoms with Crippen LogP contribution in [0.25, 0.3) is 0 Å². The summed E-state index contributed by atoms with van der Waals surface area (Å²) < 4.78 is 0. The van der Waals surface area contributed by atoms with Crippen LogP contribution in [0.3, 0.4) is 0 Å². The summed E-state index contributed by atoms with van der Waals surface area (Å²) in [6, 6.07) is 7.73. The molecule has 2 fully saturated rings. The first-order valence-electron chi connectivity index (χ1n) is 8.64. The minimum Gasteiger partial charge on any atom is -0.350 e. The average molecular weight is 337 g/mol. The van der Waals surface area contributed by atoms with Gasteiger partial charge in [0.2, 0.25) is 5.91 Å². The van der Waals surface area contributed by atoms with Gasteiger partial charge >= 0.3 is 0 Å². The molecule has 3 unspecified atom stereocenters. The molecule has 23 heavy (non-hydrogen) atoms. The van der Waals surface area contributed by atoms with Crippen molar-refractivity contribution in [2.75, 3.05) is 0 Å². The Balaban J connectivity index is 0.00000192. The number of halogens is 1. The number of carbonyl (C=O) groups excluding carboxylic acids is 1. The Bertz CT molecular complexity index is 548. The summed E-state index contributed by atoms with van der Waals surface area (Å²) in [4.78, 5) is 12.4. The second-order valence-electron chi connectivity index (χ2n) is 7.26. The summed E-state index contributed by atoms with van der Waals surface area (Å²) >= 11 is 0. The molecule has 2 heterocycles. The molecule has 3 atom stereocenters. The maximum absolute atomic E-state index is 12.4. The fraction of sp³-hybridized carbons (Fsp3) is 0.632. The molecule has 2 saturated heterocycles. The molecule has 1 aromatic carbocycles. The predicted molar refractivity (Wildman–Crippen MR) is 97.0 cm³/mol. The van der Waals surface area contributed by atoms with Gasteiger partial charge in [-0.3, -0.25) is 4.79 Å². The third-order valence-electron chi connectivity index (χ3n) is 5.54. The summed E-state index contributed by atoms with van der Waals surface area (Å²) in [5, 5.41) is 6.84. The fourth-order valence-electron chi connectivity index (χ4n) is 4.23. The molecule has 4 heteroatoms. The molecule has 2 bridgehead atoms. The van der Waals surface area contributed by atoms with Crippen LogP contribution in [-0.4, -0.2) is 18.0 Å². The molecule has 3 nitrogen and oxygen atoms in total. The smallest absolute Gasteiger partial charge is 0.220 e. The van der Waals surface area contributed by atoms with Crippen molar-refractivity contribution in [3.63, 3.8) is 0 Å². The van der Waals surface area contributed by atoms with Crippen LogP contribution in [0.15, 0.2) is 18.2 Å². The molecule has 128 valence electrons. The van der Waals surface area contributed by atoms with E-state index >= 15 is 0 Å².